The van der Waals surface area contributed by atoms with Crippen LogP contribution in [0.3, 0.4) is 0 Å². The van der Waals surface area contributed by atoms with E-state index in [2.05, 4.69) is 12.6 Å². The van der Waals surface area contributed by atoms with Crippen LogP contribution in [0.15, 0.2) is 16.3 Å². The molecule has 0 atom stereocenters. The first-order chi connectivity index (χ1) is 7.70. The number of thiol groups is 1. The highest BCUT2D eigenvalue weighted by Gasteiger charge is 2.23. The van der Waals surface area contributed by atoms with Crippen LogP contribution in [-0.4, -0.2) is 37.1 Å². The summed E-state index contributed by atoms with van der Waals surface area (Å²) in [5, 5.41) is 1.89. The molecule has 0 spiro atoms. The molecule has 1 amide bonds. The maximum absolute atomic E-state index is 12.1. The number of carbonyl (C=O) groups excluding carboxylic acids is 1. The molecule has 1 aliphatic heterocycles. The zero-order chi connectivity index (χ0) is 11.5. The van der Waals surface area contributed by atoms with E-state index in [1.165, 1.54) is 11.3 Å². The van der Waals surface area contributed by atoms with Gasteiger partial charge >= 0.3 is 0 Å². The van der Waals surface area contributed by atoms with E-state index in [0.29, 0.717) is 6.10 Å². The largest absolute Gasteiger partial charge is 0.381 e. The summed E-state index contributed by atoms with van der Waals surface area (Å²) >= 11 is 5.67. The molecule has 0 aromatic carbocycles. The Morgan fingerprint density at radius 1 is 1.56 bits per heavy atom. The van der Waals surface area contributed by atoms with E-state index in [4.69, 9.17) is 4.74 Å². The quantitative estimate of drug-likeness (QED) is 0.824. The van der Waals surface area contributed by atoms with Gasteiger partial charge in [0.05, 0.1) is 11.0 Å². The first-order valence-corrected chi connectivity index (χ1v) is 6.63. The van der Waals surface area contributed by atoms with Gasteiger partial charge in [-0.25, -0.2) is 0 Å². The molecule has 16 heavy (non-hydrogen) atoms. The molecule has 5 heteroatoms. The molecule has 1 saturated heterocycles. The summed E-state index contributed by atoms with van der Waals surface area (Å²) in [5.74, 6) is 0.125. The average Bonchev–Trinajstić information content (AvgIpc) is 2.75. The standard InChI is InChI=1S/C11H15NO2S2/c1-14-8-2-4-12(5-3-8)11(13)10-6-9(15)7-16-10/h6-8,15H,2-5H2,1H3. The van der Waals surface area contributed by atoms with E-state index in [0.717, 1.165) is 35.7 Å². The van der Waals surface area contributed by atoms with Crippen molar-refractivity contribution in [2.75, 3.05) is 20.2 Å². The fraction of sp³-hybridized carbons (Fsp3) is 0.545. The molecule has 1 aromatic rings. The Bertz CT molecular complexity index is 370. The van der Waals surface area contributed by atoms with Crippen molar-refractivity contribution in [3.8, 4) is 0 Å². The topological polar surface area (TPSA) is 29.5 Å². The van der Waals surface area contributed by atoms with Crippen molar-refractivity contribution >= 4 is 29.9 Å². The molecule has 1 aliphatic rings. The third-order valence-corrected chi connectivity index (χ3v) is 4.21. The van der Waals surface area contributed by atoms with Gasteiger partial charge in [-0.1, -0.05) is 0 Å². The van der Waals surface area contributed by atoms with E-state index in [1.54, 1.807) is 7.11 Å². The van der Waals surface area contributed by atoms with Crippen LogP contribution in [0, 0.1) is 0 Å². The number of amides is 1. The normalized spacial score (nSPS) is 17.8. The van der Waals surface area contributed by atoms with Crippen LogP contribution < -0.4 is 0 Å². The molecule has 2 rings (SSSR count). The van der Waals surface area contributed by atoms with Crippen LogP contribution >= 0.6 is 24.0 Å². The van der Waals surface area contributed by atoms with Crippen molar-refractivity contribution in [3.05, 3.63) is 16.3 Å². The molecule has 2 heterocycles. The lowest BCUT2D eigenvalue weighted by molar-refractivity contribution is 0.0353. The van der Waals surface area contributed by atoms with Gasteiger partial charge < -0.3 is 9.64 Å². The van der Waals surface area contributed by atoms with Gasteiger partial charge in [-0.3, -0.25) is 4.79 Å². The summed E-state index contributed by atoms with van der Waals surface area (Å²) in [4.78, 5) is 15.6. The van der Waals surface area contributed by atoms with Gasteiger partial charge in [0.25, 0.3) is 5.91 Å². The van der Waals surface area contributed by atoms with Crippen LogP contribution in [-0.2, 0) is 4.74 Å². The number of methoxy groups -OCH3 is 1. The summed E-state index contributed by atoms with van der Waals surface area (Å²) in [6, 6.07) is 1.83. The lowest BCUT2D eigenvalue weighted by Gasteiger charge is -2.30. The third kappa shape index (κ3) is 2.59. The molecular weight excluding hydrogens is 242 g/mol. The number of likely N-dealkylation sites (tertiary alicyclic amines) is 1. The number of rotatable bonds is 2. The van der Waals surface area contributed by atoms with Crippen LogP contribution in [0.25, 0.3) is 0 Å². The highest BCUT2D eigenvalue weighted by Crippen LogP contribution is 2.21. The lowest BCUT2D eigenvalue weighted by Crippen LogP contribution is -2.40. The van der Waals surface area contributed by atoms with E-state index in [1.807, 2.05) is 16.3 Å². The number of piperidine rings is 1. The number of nitrogens with zero attached hydrogens (tertiary/aromatic N) is 1. The summed E-state index contributed by atoms with van der Waals surface area (Å²) in [5.41, 5.74) is 0. The highest BCUT2D eigenvalue weighted by molar-refractivity contribution is 7.80. The first kappa shape index (κ1) is 12.0. The van der Waals surface area contributed by atoms with Crippen LogP contribution in [0.4, 0.5) is 0 Å². The van der Waals surface area contributed by atoms with Crippen molar-refractivity contribution in [3.63, 3.8) is 0 Å². The summed E-state index contributed by atoms with van der Waals surface area (Å²) in [7, 11) is 1.73. The Hall–Kier alpha value is -0.520. The van der Waals surface area contributed by atoms with Crippen molar-refractivity contribution in [1.29, 1.82) is 0 Å². The SMILES string of the molecule is COC1CCN(C(=O)c2cc(S)cs2)CC1. The predicted molar refractivity (Wildman–Crippen MR) is 67.5 cm³/mol. The number of carbonyl (C=O) groups is 1. The van der Waals surface area contributed by atoms with Crippen molar-refractivity contribution in [2.24, 2.45) is 0 Å². The molecule has 0 radical (unpaired) electrons. The Morgan fingerprint density at radius 3 is 2.75 bits per heavy atom. The highest BCUT2D eigenvalue weighted by atomic mass is 32.1. The molecule has 0 N–H and O–H groups in total. The molecule has 0 unspecified atom stereocenters. The minimum Gasteiger partial charge on any atom is -0.381 e. The Balaban J connectivity index is 1.96. The zero-order valence-corrected chi connectivity index (χ0v) is 10.9. The predicted octanol–water partition coefficient (Wildman–Crippen LogP) is 2.29. The Kier molecular flexibility index (Phi) is 3.89. The molecule has 1 fully saturated rings. The summed E-state index contributed by atoms with van der Waals surface area (Å²) in [6.07, 6.45) is 2.18. The third-order valence-electron chi connectivity index (χ3n) is 2.86. The minimum atomic E-state index is 0.125. The molecule has 88 valence electrons. The first-order valence-electron chi connectivity index (χ1n) is 5.30. The maximum Gasteiger partial charge on any atom is 0.263 e. The van der Waals surface area contributed by atoms with Gasteiger partial charge in [0.2, 0.25) is 0 Å². The summed E-state index contributed by atoms with van der Waals surface area (Å²) in [6.45, 7) is 1.58. The van der Waals surface area contributed by atoms with Crippen LogP contribution in [0.1, 0.15) is 22.5 Å². The lowest BCUT2D eigenvalue weighted by atomic mass is 10.1. The monoisotopic (exact) mass is 257 g/mol. The molecule has 3 nitrogen and oxygen atoms in total. The van der Waals surface area contributed by atoms with Crippen molar-refractivity contribution in [2.45, 2.75) is 23.8 Å². The minimum absolute atomic E-state index is 0.125. The van der Waals surface area contributed by atoms with Crippen molar-refractivity contribution < 1.29 is 9.53 Å². The van der Waals surface area contributed by atoms with Gasteiger partial charge in [0.1, 0.15) is 0 Å². The fourth-order valence-electron chi connectivity index (χ4n) is 1.89. The zero-order valence-electron chi connectivity index (χ0n) is 9.18. The van der Waals surface area contributed by atoms with Crippen LogP contribution in [0.2, 0.25) is 0 Å². The van der Waals surface area contributed by atoms with E-state index >= 15 is 0 Å². The van der Waals surface area contributed by atoms with Crippen LogP contribution in [0.5, 0.6) is 0 Å². The smallest absolute Gasteiger partial charge is 0.263 e. The molecule has 1 aromatic heterocycles. The number of hydrogen-bond donors (Lipinski definition) is 1. The molecular formula is C11H15NO2S2. The van der Waals surface area contributed by atoms with E-state index < -0.39 is 0 Å². The molecule has 0 saturated carbocycles. The number of hydrogen-bond acceptors (Lipinski definition) is 4. The second-order valence-corrected chi connectivity index (χ2v) is 5.32. The summed E-state index contributed by atoms with van der Waals surface area (Å²) < 4.78 is 5.28. The van der Waals surface area contributed by atoms with Gasteiger partial charge in [-0.05, 0) is 18.9 Å². The van der Waals surface area contributed by atoms with Gasteiger partial charge in [-0.2, -0.15) is 0 Å². The van der Waals surface area contributed by atoms with Gasteiger partial charge in [0.15, 0.2) is 0 Å². The molecule has 0 aliphatic carbocycles. The maximum atomic E-state index is 12.1. The van der Waals surface area contributed by atoms with Gasteiger partial charge in [0, 0.05) is 30.5 Å². The second kappa shape index (κ2) is 5.21. The van der Waals surface area contributed by atoms with Crippen molar-refractivity contribution in [1.82, 2.24) is 4.90 Å². The average molecular weight is 257 g/mol. The fourth-order valence-corrected chi connectivity index (χ4v) is 3.00. The second-order valence-electron chi connectivity index (χ2n) is 3.90. The van der Waals surface area contributed by atoms with E-state index in [9.17, 15) is 4.79 Å². The number of ether oxygens (including phenoxy) is 1. The number of thiophene rings is 1. The Morgan fingerprint density at radius 2 is 2.25 bits per heavy atom. The molecule has 0 bridgehead atoms. The van der Waals surface area contributed by atoms with E-state index in [-0.39, 0.29) is 5.91 Å². The van der Waals surface area contributed by atoms with Gasteiger partial charge in [-0.15, -0.1) is 24.0 Å². The Labute approximate surface area is 105 Å².